The number of hydroxylamine groups is 1. The Bertz CT molecular complexity index is 842. The molecule has 4 rings (SSSR count). The van der Waals surface area contributed by atoms with Crippen molar-refractivity contribution in [2.45, 2.75) is 43.8 Å². The van der Waals surface area contributed by atoms with E-state index in [0.717, 1.165) is 25.2 Å². The molecule has 158 valence electrons. The minimum Gasteiger partial charge on any atom is -0.311 e. The van der Waals surface area contributed by atoms with Crippen LogP contribution in [0.2, 0.25) is 0 Å². The minimum atomic E-state index is -0.264. The van der Waals surface area contributed by atoms with E-state index < -0.39 is 0 Å². The van der Waals surface area contributed by atoms with E-state index in [1.807, 2.05) is 0 Å². The van der Waals surface area contributed by atoms with Crippen LogP contribution in [0.1, 0.15) is 41.9 Å². The molecule has 2 N–H and O–H groups in total. The van der Waals surface area contributed by atoms with Crippen LogP contribution in [0.4, 0.5) is 0 Å². The highest BCUT2D eigenvalue weighted by atomic mass is 16.6. The summed E-state index contributed by atoms with van der Waals surface area (Å²) in [4.78, 5) is 18.5. The number of rotatable bonds is 8. The molecule has 0 bridgehead atoms. The van der Waals surface area contributed by atoms with Crippen LogP contribution in [0.3, 0.4) is 0 Å². The zero-order valence-electron chi connectivity index (χ0n) is 17.6. The highest BCUT2D eigenvalue weighted by molar-refractivity contribution is 5.90. The van der Waals surface area contributed by atoms with Crippen molar-refractivity contribution < 1.29 is 9.63 Å². The largest absolute Gasteiger partial charge is 0.311 e. The van der Waals surface area contributed by atoms with Gasteiger partial charge in [-0.1, -0.05) is 54.6 Å². The number of piperidine rings is 1. The summed E-state index contributed by atoms with van der Waals surface area (Å²) in [7, 11) is 1.42. The maximum atomic E-state index is 11.4. The van der Waals surface area contributed by atoms with Crippen molar-refractivity contribution in [2.24, 2.45) is 0 Å². The Morgan fingerprint density at radius 3 is 2.53 bits per heavy atom. The molecule has 2 aromatic carbocycles. The fourth-order valence-electron chi connectivity index (χ4n) is 4.31. The number of carbonyl (C=O) groups excluding carboxylic acids is 1. The van der Waals surface area contributed by atoms with Crippen molar-refractivity contribution in [1.29, 1.82) is 0 Å². The molecule has 5 heteroatoms. The molecule has 30 heavy (non-hydrogen) atoms. The summed E-state index contributed by atoms with van der Waals surface area (Å²) in [6, 6.07) is 20.6. The van der Waals surface area contributed by atoms with Gasteiger partial charge in [-0.05, 0) is 55.1 Å². The molecule has 0 radical (unpaired) electrons. The lowest BCUT2D eigenvalue weighted by atomic mass is 10.0. The molecule has 2 aliphatic rings. The van der Waals surface area contributed by atoms with Crippen LogP contribution >= 0.6 is 0 Å². The first kappa shape index (κ1) is 20.8. The van der Waals surface area contributed by atoms with Gasteiger partial charge in [0, 0.05) is 30.6 Å². The van der Waals surface area contributed by atoms with Gasteiger partial charge < -0.3 is 5.32 Å². The van der Waals surface area contributed by atoms with Gasteiger partial charge in [0.1, 0.15) is 0 Å². The van der Waals surface area contributed by atoms with Crippen molar-refractivity contribution in [1.82, 2.24) is 15.7 Å². The third kappa shape index (κ3) is 5.79. The molecule has 1 aliphatic carbocycles. The maximum absolute atomic E-state index is 11.4. The summed E-state index contributed by atoms with van der Waals surface area (Å²) < 4.78 is 0. The molecule has 0 aromatic heterocycles. The van der Waals surface area contributed by atoms with E-state index in [1.54, 1.807) is 6.08 Å². The first-order chi connectivity index (χ1) is 14.7. The SMILES string of the molecule is CONC(=O)/C=C/c1ccc(CN2CCC(N[C@@H]3C[C@H]3c3ccccc3)CC2)cc1. The Morgan fingerprint density at radius 2 is 1.83 bits per heavy atom. The molecule has 0 unspecified atom stereocenters. The lowest BCUT2D eigenvalue weighted by Crippen LogP contribution is -2.43. The van der Waals surface area contributed by atoms with Gasteiger partial charge in [-0.15, -0.1) is 0 Å². The second-order valence-electron chi connectivity index (χ2n) is 8.32. The van der Waals surface area contributed by atoms with Crippen LogP contribution in [-0.4, -0.2) is 43.1 Å². The number of hydrogen-bond donors (Lipinski definition) is 2. The summed E-state index contributed by atoms with van der Waals surface area (Å²) in [5.41, 5.74) is 6.07. The standard InChI is InChI=1S/C25H31N3O2/c1-30-27-25(29)12-11-19-7-9-20(10-8-19)18-28-15-13-22(14-16-28)26-24-17-23(24)21-5-3-2-4-6-21/h2-12,22-24,26H,13-18H2,1H3,(H,27,29)/b12-11+/t23-,24+/m0/s1. The van der Waals surface area contributed by atoms with E-state index in [2.05, 4.69) is 75.1 Å². The van der Waals surface area contributed by atoms with Crippen LogP contribution < -0.4 is 10.8 Å². The molecule has 2 aromatic rings. The maximum Gasteiger partial charge on any atom is 0.267 e. The first-order valence-electron chi connectivity index (χ1n) is 10.8. The van der Waals surface area contributed by atoms with Gasteiger partial charge in [-0.25, -0.2) is 5.48 Å². The quantitative estimate of drug-likeness (QED) is 0.522. The fraction of sp³-hybridized carbons (Fsp3) is 0.400. The van der Waals surface area contributed by atoms with E-state index in [0.29, 0.717) is 18.0 Å². The molecule has 1 saturated heterocycles. The van der Waals surface area contributed by atoms with Crippen molar-refractivity contribution >= 4 is 12.0 Å². The number of benzene rings is 2. The zero-order valence-corrected chi connectivity index (χ0v) is 17.6. The second-order valence-corrected chi connectivity index (χ2v) is 8.32. The van der Waals surface area contributed by atoms with Crippen molar-refractivity contribution in [3.8, 4) is 0 Å². The molecule has 1 aliphatic heterocycles. The molecule has 1 saturated carbocycles. The Kier molecular flexibility index (Phi) is 6.95. The Balaban J connectivity index is 1.18. The molecule has 5 nitrogen and oxygen atoms in total. The lowest BCUT2D eigenvalue weighted by Gasteiger charge is -2.32. The number of amides is 1. The van der Waals surface area contributed by atoms with E-state index >= 15 is 0 Å². The summed E-state index contributed by atoms with van der Waals surface area (Å²) >= 11 is 0. The van der Waals surface area contributed by atoms with Crippen molar-refractivity contribution in [2.75, 3.05) is 20.2 Å². The number of carbonyl (C=O) groups is 1. The molecule has 1 heterocycles. The fourth-order valence-corrected chi connectivity index (χ4v) is 4.31. The van der Waals surface area contributed by atoms with Gasteiger partial charge in [0.15, 0.2) is 0 Å². The average Bonchev–Trinajstić information content (AvgIpc) is 3.55. The monoisotopic (exact) mass is 405 g/mol. The van der Waals surface area contributed by atoms with E-state index in [1.165, 1.54) is 43.6 Å². The summed E-state index contributed by atoms with van der Waals surface area (Å²) in [6.45, 7) is 3.26. The van der Waals surface area contributed by atoms with E-state index in [-0.39, 0.29) is 5.91 Å². The molecule has 2 fully saturated rings. The Morgan fingerprint density at radius 1 is 1.10 bits per heavy atom. The minimum absolute atomic E-state index is 0.264. The first-order valence-corrected chi connectivity index (χ1v) is 10.8. The summed E-state index contributed by atoms with van der Waals surface area (Å²) in [6.07, 6.45) is 6.97. The predicted octanol–water partition coefficient (Wildman–Crippen LogP) is 3.49. The Labute approximate surface area is 179 Å². The van der Waals surface area contributed by atoms with Gasteiger partial charge in [0.05, 0.1) is 7.11 Å². The number of nitrogens with zero attached hydrogens (tertiary/aromatic N) is 1. The molecule has 0 spiro atoms. The van der Waals surface area contributed by atoms with Crippen molar-refractivity contribution in [3.05, 3.63) is 77.4 Å². The summed E-state index contributed by atoms with van der Waals surface area (Å²) in [5.74, 6) is 0.441. The van der Waals surface area contributed by atoms with Gasteiger partial charge >= 0.3 is 0 Å². The smallest absolute Gasteiger partial charge is 0.267 e. The molecular formula is C25H31N3O2. The predicted molar refractivity (Wildman–Crippen MR) is 120 cm³/mol. The van der Waals surface area contributed by atoms with Crippen LogP contribution in [-0.2, 0) is 16.2 Å². The van der Waals surface area contributed by atoms with Gasteiger partial charge in [0.25, 0.3) is 5.91 Å². The van der Waals surface area contributed by atoms with Crippen molar-refractivity contribution in [3.63, 3.8) is 0 Å². The topological polar surface area (TPSA) is 53.6 Å². The second kappa shape index (κ2) is 10.0. The highest BCUT2D eigenvalue weighted by Gasteiger charge is 2.39. The number of nitrogens with one attached hydrogen (secondary N) is 2. The third-order valence-electron chi connectivity index (χ3n) is 6.07. The van der Waals surface area contributed by atoms with Gasteiger partial charge in [-0.3, -0.25) is 14.5 Å². The molecular weight excluding hydrogens is 374 g/mol. The highest BCUT2D eigenvalue weighted by Crippen LogP contribution is 2.41. The normalized spacial score (nSPS) is 22.3. The van der Waals surface area contributed by atoms with E-state index in [4.69, 9.17) is 0 Å². The summed E-state index contributed by atoms with van der Waals surface area (Å²) in [5, 5.41) is 3.89. The molecule has 1 amide bonds. The van der Waals surface area contributed by atoms with Crippen LogP contribution in [0.15, 0.2) is 60.7 Å². The van der Waals surface area contributed by atoms with Gasteiger partial charge in [-0.2, -0.15) is 0 Å². The third-order valence-corrected chi connectivity index (χ3v) is 6.07. The van der Waals surface area contributed by atoms with Crippen LogP contribution in [0.5, 0.6) is 0 Å². The molecule has 2 atom stereocenters. The number of likely N-dealkylation sites (tertiary alicyclic amines) is 1. The van der Waals surface area contributed by atoms with Crippen LogP contribution in [0, 0.1) is 0 Å². The zero-order chi connectivity index (χ0) is 20.8. The van der Waals surface area contributed by atoms with Gasteiger partial charge in [0.2, 0.25) is 0 Å². The number of hydrogen-bond acceptors (Lipinski definition) is 4. The lowest BCUT2D eigenvalue weighted by molar-refractivity contribution is -0.126. The Hall–Kier alpha value is -2.47. The van der Waals surface area contributed by atoms with E-state index in [9.17, 15) is 4.79 Å². The average molecular weight is 406 g/mol. The van der Waals surface area contributed by atoms with Crippen LogP contribution in [0.25, 0.3) is 6.08 Å².